The van der Waals surface area contributed by atoms with E-state index >= 15 is 0 Å². The quantitative estimate of drug-likeness (QED) is 0.880. The number of aromatic nitrogens is 3. The Balaban J connectivity index is 1.54. The maximum absolute atomic E-state index is 4.46. The first-order valence-electron chi connectivity index (χ1n) is 6.95. The van der Waals surface area contributed by atoms with Crippen molar-refractivity contribution in [2.24, 2.45) is 11.8 Å². The van der Waals surface area contributed by atoms with Crippen molar-refractivity contribution >= 4 is 16.9 Å². The van der Waals surface area contributed by atoms with Crippen molar-refractivity contribution in [3.63, 3.8) is 0 Å². The highest BCUT2D eigenvalue weighted by atomic mass is 15.2. The van der Waals surface area contributed by atoms with Crippen LogP contribution >= 0.6 is 0 Å². The van der Waals surface area contributed by atoms with Crippen LogP contribution in [0.2, 0.25) is 0 Å². The summed E-state index contributed by atoms with van der Waals surface area (Å²) in [7, 11) is 0. The lowest BCUT2D eigenvalue weighted by molar-refractivity contribution is 0.275. The van der Waals surface area contributed by atoms with Gasteiger partial charge in [-0.25, -0.2) is 9.97 Å². The molecule has 0 spiro atoms. The van der Waals surface area contributed by atoms with E-state index in [-0.39, 0.29) is 0 Å². The molecule has 0 aromatic carbocycles. The third-order valence-electron chi connectivity index (χ3n) is 4.61. The molecule has 4 heteroatoms. The van der Waals surface area contributed by atoms with Crippen LogP contribution in [0.25, 0.3) is 11.0 Å². The number of hydrogen-bond acceptors (Lipinski definition) is 3. The van der Waals surface area contributed by atoms with Crippen LogP contribution in [-0.4, -0.2) is 28.0 Å². The van der Waals surface area contributed by atoms with E-state index in [4.69, 9.17) is 0 Å². The lowest BCUT2D eigenvalue weighted by atomic mass is 9.84. The first-order chi connectivity index (χ1) is 8.92. The summed E-state index contributed by atoms with van der Waals surface area (Å²) >= 11 is 0. The Bertz CT molecular complexity index is 550. The Kier molecular flexibility index (Phi) is 2.28. The van der Waals surface area contributed by atoms with Gasteiger partial charge in [0.05, 0.1) is 5.39 Å². The molecule has 1 saturated carbocycles. The van der Waals surface area contributed by atoms with Crippen LogP contribution in [0.1, 0.15) is 25.7 Å². The normalized spacial score (nSPS) is 21.7. The number of nitrogens with zero attached hydrogens (tertiary/aromatic N) is 3. The van der Waals surface area contributed by atoms with Crippen LogP contribution in [0.4, 0.5) is 5.82 Å². The number of nitrogens with one attached hydrogen (secondary N) is 1. The fraction of sp³-hybridized carbons (Fsp3) is 0.571. The number of anilines is 1. The second-order valence-electron chi connectivity index (χ2n) is 5.65. The van der Waals surface area contributed by atoms with E-state index in [1.54, 1.807) is 6.33 Å². The highest BCUT2D eigenvalue weighted by Gasteiger charge is 2.35. The van der Waals surface area contributed by atoms with Crippen LogP contribution in [0, 0.1) is 11.8 Å². The van der Waals surface area contributed by atoms with E-state index in [0.717, 1.165) is 28.7 Å². The van der Waals surface area contributed by atoms with Crippen molar-refractivity contribution < 1.29 is 0 Å². The van der Waals surface area contributed by atoms with Crippen LogP contribution in [0.3, 0.4) is 0 Å². The average Bonchev–Trinajstić information content (AvgIpc) is 2.97. The number of H-pyrrole nitrogens is 1. The monoisotopic (exact) mass is 242 g/mol. The van der Waals surface area contributed by atoms with Crippen molar-refractivity contribution in [2.45, 2.75) is 25.7 Å². The molecule has 0 radical (unpaired) electrons. The Morgan fingerprint density at radius 3 is 2.78 bits per heavy atom. The summed E-state index contributed by atoms with van der Waals surface area (Å²) in [4.78, 5) is 14.3. The third kappa shape index (κ3) is 1.51. The summed E-state index contributed by atoms with van der Waals surface area (Å²) in [6.45, 7) is 2.37. The molecule has 2 aliphatic rings. The molecule has 2 fully saturated rings. The van der Waals surface area contributed by atoms with Gasteiger partial charge >= 0.3 is 0 Å². The minimum absolute atomic E-state index is 0.899. The molecule has 0 bridgehead atoms. The number of aromatic amines is 1. The Morgan fingerprint density at radius 2 is 1.94 bits per heavy atom. The zero-order valence-electron chi connectivity index (χ0n) is 10.5. The molecule has 0 amide bonds. The second-order valence-corrected chi connectivity index (χ2v) is 5.65. The molecule has 0 unspecified atom stereocenters. The highest BCUT2D eigenvalue weighted by Crippen LogP contribution is 2.38. The fourth-order valence-corrected chi connectivity index (χ4v) is 3.52. The van der Waals surface area contributed by atoms with Gasteiger partial charge in [0.15, 0.2) is 0 Å². The molecular weight excluding hydrogens is 224 g/mol. The zero-order valence-corrected chi connectivity index (χ0v) is 10.5. The van der Waals surface area contributed by atoms with Crippen LogP contribution in [0.15, 0.2) is 18.6 Å². The number of hydrogen-bond donors (Lipinski definition) is 1. The van der Waals surface area contributed by atoms with Crippen LogP contribution < -0.4 is 4.90 Å². The lowest BCUT2D eigenvalue weighted by Crippen LogP contribution is -2.50. The minimum Gasteiger partial charge on any atom is -0.355 e. The summed E-state index contributed by atoms with van der Waals surface area (Å²) in [5, 5.41) is 1.15. The SMILES string of the molecule is c1nc(N2CC(C3CCCC3)C2)c2cc[nH]c2n1. The van der Waals surface area contributed by atoms with Crippen molar-refractivity contribution in [1.82, 2.24) is 15.0 Å². The Morgan fingerprint density at radius 1 is 1.11 bits per heavy atom. The van der Waals surface area contributed by atoms with Crippen molar-refractivity contribution in [1.29, 1.82) is 0 Å². The summed E-state index contributed by atoms with van der Waals surface area (Å²) in [5.74, 6) is 2.98. The summed E-state index contributed by atoms with van der Waals surface area (Å²) in [6, 6.07) is 2.08. The largest absolute Gasteiger partial charge is 0.355 e. The van der Waals surface area contributed by atoms with Gasteiger partial charge in [0.2, 0.25) is 0 Å². The molecule has 2 aromatic rings. The van der Waals surface area contributed by atoms with Gasteiger partial charge in [0, 0.05) is 19.3 Å². The molecule has 1 aliphatic carbocycles. The summed E-state index contributed by atoms with van der Waals surface area (Å²) in [6.07, 6.45) is 9.38. The molecule has 0 atom stereocenters. The molecule has 2 aromatic heterocycles. The van der Waals surface area contributed by atoms with Crippen molar-refractivity contribution in [3.8, 4) is 0 Å². The second kappa shape index (κ2) is 3.97. The van der Waals surface area contributed by atoms with E-state index in [2.05, 4.69) is 25.9 Å². The van der Waals surface area contributed by atoms with Gasteiger partial charge in [-0.1, -0.05) is 25.7 Å². The van der Waals surface area contributed by atoms with E-state index in [0.29, 0.717) is 0 Å². The van der Waals surface area contributed by atoms with E-state index in [1.807, 2.05) is 6.20 Å². The third-order valence-corrected chi connectivity index (χ3v) is 4.61. The molecular formula is C14H18N4. The minimum atomic E-state index is 0.899. The molecule has 1 N–H and O–H groups in total. The highest BCUT2D eigenvalue weighted by molar-refractivity contribution is 5.87. The number of rotatable bonds is 2. The summed E-state index contributed by atoms with van der Waals surface area (Å²) in [5.41, 5.74) is 0.948. The topological polar surface area (TPSA) is 44.8 Å². The molecule has 4 nitrogen and oxygen atoms in total. The van der Waals surface area contributed by atoms with Gasteiger partial charge in [-0.15, -0.1) is 0 Å². The van der Waals surface area contributed by atoms with E-state index in [1.165, 1.54) is 38.8 Å². The molecule has 1 saturated heterocycles. The standard InChI is InChI=1S/C14H18N4/c1-2-4-10(3-1)11-7-18(8-11)14-12-5-6-15-13(12)16-9-17-14/h5-6,9-11H,1-4,7-8H2,(H,15,16,17). The maximum Gasteiger partial charge on any atom is 0.142 e. The van der Waals surface area contributed by atoms with Gasteiger partial charge in [-0.2, -0.15) is 0 Å². The maximum atomic E-state index is 4.46. The van der Waals surface area contributed by atoms with Crippen LogP contribution in [-0.2, 0) is 0 Å². The van der Waals surface area contributed by atoms with Crippen molar-refractivity contribution in [3.05, 3.63) is 18.6 Å². The predicted octanol–water partition coefficient (Wildman–Crippen LogP) is 2.58. The zero-order chi connectivity index (χ0) is 11.9. The van der Waals surface area contributed by atoms with Crippen molar-refractivity contribution in [2.75, 3.05) is 18.0 Å². The van der Waals surface area contributed by atoms with Gasteiger partial charge in [0.25, 0.3) is 0 Å². The van der Waals surface area contributed by atoms with E-state index in [9.17, 15) is 0 Å². The smallest absolute Gasteiger partial charge is 0.142 e. The Hall–Kier alpha value is -1.58. The molecule has 94 valence electrons. The van der Waals surface area contributed by atoms with Crippen LogP contribution in [0.5, 0.6) is 0 Å². The first-order valence-corrected chi connectivity index (χ1v) is 6.95. The van der Waals surface area contributed by atoms with Gasteiger partial charge < -0.3 is 9.88 Å². The fourth-order valence-electron chi connectivity index (χ4n) is 3.52. The molecule has 4 rings (SSSR count). The average molecular weight is 242 g/mol. The molecule has 1 aliphatic heterocycles. The van der Waals surface area contributed by atoms with Gasteiger partial charge in [0.1, 0.15) is 17.8 Å². The first kappa shape index (κ1) is 10.4. The summed E-state index contributed by atoms with van der Waals surface area (Å²) < 4.78 is 0. The Labute approximate surface area is 106 Å². The predicted molar refractivity (Wildman–Crippen MR) is 71.5 cm³/mol. The molecule has 3 heterocycles. The van der Waals surface area contributed by atoms with Gasteiger partial charge in [-0.05, 0) is 17.9 Å². The molecule has 18 heavy (non-hydrogen) atoms. The lowest BCUT2D eigenvalue weighted by Gasteiger charge is -2.43. The van der Waals surface area contributed by atoms with Gasteiger partial charge in [-0.3, -0.25) is 0 Å². The number of fused-ring (bicyclic) bond motifs is 1. The van der Waals surface area contributed by atoms with E-state index < -0.39 is 0 Å².